The summed E-state index contributed by atoms with van der Waals surface area (Å²) in [7, 11) is 0. The molecule has 1 saturated carbocycles. The van der Waals surface area contributed by atoms with Crippen LogP contribution >= 0.6 is 23.1 Å². The van der Waals surface area contributed by atoms with Crippen molar-refractivity contribution in [3.63, 3.8) is 0 Å². The summed E-state index contributed by atoms with van der Waals surface area (Å²) in [4.78, 5) is 17.0. The minimum absolute atomic E-state index is 0.231. The number of benzene rings is 1. The second kappa shape index (κ2) is 7.55. The molecule has 1 amide bonds. The van der Waals surface area contributed by atoms with E-state index in [-0.39, 0.29) is 5.41 Å². The van der Waals surface area contributed by atoms with Gasteiger partial charge in [0.2, 0.25) is 5.91 Å². The van der Waals surface area contributed by atoms with E-state index in [1.165, 1.54) is 23.3 Å². The van der Waals surface area contributed by atoms with E-state index in [4.69, 9.17) is 0 Å². The van der Waals surface area contributed by atoms with Gasteiger partial charge in [-0.05, 0) is 36.3 Å². The lowest BCUT2D eigenvalue weighted by Crippen LogP contribution is -2.46. The van der Waals surface area contributed by atoms with Gasteiger partial charge in [-0.3, -0.25) is 4.79 Å². The maximum atomic E-state index is 13.5. The Hall–Kier alpha value is -1.26. The monoisotopic (exact) mass is 371 g/mol. The van der Waals surface area contributed by atoms with Crippen molar-refractivity contribution < 1.29 is 4.79 Å². The number of amides is 1. The number of thioether (sulfide) groups is 1. The summed E-state index contributed by atoms with van der Waals surface area (Å²) in [6, 6.07) is 15.0. The fraction of sp³-hybridized carbons (Fsp3) is 0.476. The van der Waals surface area contributed by atoms with Gasteiger partial charge >= 0.3 is 0 Å². The molecule has 0 spiro atoms. The van der Waals surface area contributed by atoms with Gasteiger partial charge < -0.3 is 4.90 Å². The van der Waals surface area contributed by atoms with Gasteiger partial charge in [0.1, 0.15) is 0 Å². The molecule has 1 aliphatic carbocycles. The van der Waals surface area contributed by atoms with Crippen molar-refractivity contribution in [3.8, 4) is 0 Å². The third-order valence-electron chi connectivity index (χ3n) is 5.66. The minimum Gasteiger partial charge on any atom is -0.341 e. The predicted molar refractivity (Wildman–Crippen MR) is 107 cm³/mol. The standard InChI is InChI=1S/C21H25NOS2/c23-20(21(11-4-5-12-21)19-9-6-15-25-19)22-13-10-18(24-16-14-22)17-7-2-1-3-8-17/h1-3,6-9,15,18H,4-5,10-14,16H2. The summed E-state index contributed by atoms with van der Waals surface area (Å²) < 4.78 is 0. The van der Waals surface area contributed by atoms with E-state index in [0.29, 0.717) is 11.2 Å². The Morgan fingerprint density at radius 1 is 1.04 bits per heavy atom. The fourth-order valence-corrected chi connectivity index (χ4v) is 6.51. The fourth-order valence-electron chi connectivity index (χ4n) is 4.30. The Morgan fingerprint density at radius 2 is 1.84 bits per heavy atom. The van der Waals surface area contributed by atoms with E-state index in [1.807, 2.05) is 11.8 Å². The van der Waals surface area contributed by atoms with Gasteiger partial charge in [0.25, 0.3) is 0 Å². The summed E-state index contributed by atoms with van der Waals surface area (Å²) >= 11 is 3.77. The van der Waals surface area contributed by atoms with Crippen LogP contribution in [0.5, 0.6) is 0 Å². The number of carbonyl (C=O) groups is 1. The van der Waals surface area contributed by atoms with E-state index < -0.39 is 0 Å². The van der Waals surface area contributed by atoms with Crippen molar-refractivity contribution in [2.24, 2.45) is 0 Å². The Morgan fingerprint density at radius 3 is 2.56 bits per heavy atom. The molecule has 1 atom stereocenters. The van der Waals surface area contributed by atoms with Crippen molar-refractivity contribution in [1.82, 2.24) is 4.90 Å². The summed E-state index contributed by atoms with van der Waals surface area (Å²) in [6.45, 7) is 1.78. The summed E-state index contributed by atoms with van der Waals surface area (Å²) in [5.41, 5.74) is 1.17. The highest BCUT2D eigenvalue weighted by Gasteiger charge is 2.45. The van der Waals surface area contributed by atoms with E-state index in [0.717, 1.165) is 38.1 Å². The molecule has 132 valence electrons. The van der Waals surface area contributed by atoms with E-state index >= 15 is 0 Å². The zero-order valence-electron chi connectivity index (χ0n) is 14.5. The SMILES string of the molecule is O=C(N1CCSC(c2ccccc2)CC1)C1(c2cccs2)CCCC1. The molecule has 1 aliphatic heterocycles. The summed E-state index contributed by atoms with van der Waals surface area (Å²) in [5, 5.41) is 2.63. The van der Waals surface area contributed by atoms with Crippen LogP contribution < -0.4 is 0 Å². The Kier molecular flexibility index (Phi) is 5.18. The molecule has 1 saturated heterocycles. The van der Waals surface area contributed by atoms with Crippen molar-refractivity contribution >= 4 is 29.0 Å². The molecule has 0 radical (unpaired) electrons. The third-order valence-corrected chi connectivity index (χ3v) is 8.06. The molecule has 2 aliphatic rings. The van der Waals surface area contributed by atoms with Crippen molar-refractivity contribution in [3.05, 3.63) is 58.3 Å². The largest absolute Gasteiger partial charge is 0.341 e. The van der Waals surface area contributed by atoms with Gasteiger partial charge in [-0.1, -0.05) is 49.2 Å². The van der Waals surface area contributed by atoms with Crippen LogP contribution in [0.15, 0.2) is 47.8 Å². The van der Waals surface area contributed by atoms with Crippen LogP contribution in [0, 0.1) is 0 Å². The summed E-state index contributed by atoms with van der Waals surface area (Å²) in [5.74, 6) is 1.42. The molecule has 0 bridgehead atoms. The Bertz CT molecular complexity index is 692. The van der Waals surface area contributed by atoms with Crippen LogP contribution in [0.1, 0.15) is 47.8 Å². The van der Waals surface area contributed by atoms with Gasteiger partial charge in [-0.15, -0.1) is 11.3 Å². The average molecular weight is 372 g/mol. The molecule has 1 aromatic carbocycles. The van der Waals surface area contributed by atoms with E-state index in [9.17, 15) is 4.79 Å². The lowest BCUT2D eigenvalue weighted by molar-refractivity contribution is -0.137. The molecule has 0 N–H and O–H groups in total. The number of thiophene rings is 1. The molecule has 4 heteroatoms. The number of hydrogen-bond acceptors (Lipinski definition) is 3. The lowest BCUT2D eigenvalue weighted by atomic mass is 9.82. The lowest BCUT2D eigenvalue weighted by Gasteiger charge is -2.33. The quantitative estimate of drug-likeness (QED) is 0.733. The maximum absolute atomic E-state index is 13.5. The smallest absolute Gasteiger partial charge is 0.234 e. The Labute approximate surface area is 158 Å². The van der Waals surface area contributed by atoms with E-state index in [1.54, 1.807) is 11.3 Å². The highest BCUT2D eigenvalue weighted by molar-refractivity contribution is 7.99. The molecule has 2 nitrogen and oxygen atoms in total. The molecular weight excluding hydrogens is 346 g/mol. The minimum atomic E-state index is -0.231. The van der Waals surface area contributed by atoms with Crippen molar-refractivity contribution in [2.45, 2.75) is 42.8 Å². The molecule has 25 heavy (non-hydrogen) atoms. The van der Waals surface area contributed by atoms with Crippen LogP contribution in [0.25, 0.3) is 0 Å². The number of nitrogens with zero attached hydrogens (tertiary/aromatic N) is 1. The van der Waals surface area contributed by atoms with E-state index in [2.05, 4.69) is 52.7 Å². The molecule has 2 fully saturated rings. The van der Waals surface area contributed by atoms with Crippen molar-refractivity contribution in [2.75, 3.05) is 18.8 Å². The topological polar surface area (TPSA) is 20.3 Å². The first-order valence-electron chi connectivity index (χ1n) is 9.29. The van der Waals surface area contributed by atoms with Gasteiger partial charge in [-0.2, -0.15) is 11.8 Å². The van der Waals surface area contributed by atoms with Crippen LogP contribution in [0.2, 0.25) is 0 Å². The number of carbonyl (C=O) groups excluding carboxylic acids is 1. The molecular formula is C21H25NOS2. The molecule has 1 aromatic heterocycles. The van der Waals surface area contributed by atoms with Crippen LogP contribution in [0.4, 0.5) is 0 Å². The van der Waals surface area contributed by atoms with Crippen LogP contribution in [0.3, 0.4) is 0 Å². The first kappa shape index (κ1) is 17.2. The van der Waals surface area contributed by atoms with Gasteiger partial charge in [0.15, 0.2) is 0 Å². The highest BCUT2D eigenvalue weighted by atomic mass is 32.2. The number of hydrogen-bond donors (Lipinski definition) is 0. The first-order valence-corrected chi connectivity index (χ1v) is 11.2. The number of rotatable bonds is 3. The van der Waals surface area contributed by atoms with Crippen LogP contribution in [-0.4, -0.2) is 29.6 Å². The second-order valence-corrected chi connectivity index (χ2v) is 9.38. The summed E-state index contributed by atoms with van der Waals surface area (Å²) in [6.07, 6.45) is 5.47. The highest BCUT2D eigenvalue weighted by Crippen LogP contribution is 2.45. The molecule has 1 unspecified atom stereocenters. The van der Waals surface area contributed by atoms with Gasteiger partial charge in [-0.25, -0.2) is 0 Å². The third kappa shape index (κ3) is 3.39. The predicted octanol–water partition coefficient (Wildman–Crippen LogP) is 5.27. The van der Waals surface area contributed by atoms with Crippen molar-refractivity contribution in [1.29, 1.82) is 0 Å². The van der Waals surface area contributed by atoms with Crippen LogP contribution in [-0.2, 0) is 10.2 Å². The molecule has 4 rings (SSSR count). The first-order chi connectivity index (χ1) is 12.3. The normalized spacial score (nSPS) is 23.4. The molecule has 2 aromatic rings. The van der Waals surface area contributed by atoms with Gasteiger partial charge in [0.05, 0.1) is 5.41 Å². The maximum Gasteiger partial charge on any atom is 0.234 e. The molecule has 2 heterocycles. The van der Waals surface area contributed by atoms with Gasteiger partial charge in [0, 0.05) is 29.0 Å². The zero-order valence-corrected chi connectivity index (χ0v) is 16.2. The second-order valence-electron chi connectivity index (χ2n) is 7.12. The average Bonchev–Trinajstić information content (AvgIpc) is 3.30. The zero-order chi connectivity index (χ0) is 17.1. The Balaban J connectivity index is 1.51.